The summed E-state index contributed by atoms with van der Waals surface area (Å²) in [5.74, 6) is 0.0998. The quantitative estimate of drug-likeness (QED) is 0.868. The van der Waals surface area contributed by atoms with Crippen LogP contribution in [0.1, 0.15) is 11.6 Å². The lowest BCUT2D eigenvalue weighted by molar-refractivity contribution is -0.146. The zero-order valence-corrected chi connectivity index (χ0v) is 13.1. The smallest absolute Gasteiger partial charge is 0.333 e. The Morgan fingerprint density at radius 1 is 1.08 bits per heavy atom. The second-order valence-corrected chi connectivity index (χ2v) is 5.24. The fourth-order valence-electron chi connectivity index (χ4n) is 2.43. The summed E-state index contributed by atoms with van der Waals surface area (Å²) < 4.78 is 16.0. The number of hydrogen-bond acceptors (Lipinski definition) is 5. The predicted octanol–water partition coefficient (Wildman–Crippen LogP) is 1.86. The molecule has 0 spiro atoms. The van der Waals surface area contributed by atoms with Gasteiger partial charge in [-0.2, -0.15) is 0 Å². The van der Waals surface area contributed by atoms with Crippen molar-refractivity contribution in [3.8, 4) is 11.5 Å². The predicted molar refractivity (Wildman–Crippen MR) is 85.7 cm³/mol. The Bertz CT molecular complexity index is 731. The molecule has 2 aromatic carbocycles. The molecule has 0 saturated carbocycles. The van der Waals surface area contributed by atoms with Crippen LogP contribution < -0.4 is 14.8 Å². The average molecular weight is 327 g/mol. The number of amides is 1. The number of esters is 1. The summed E-state index contributed by atoms with van der Waals surface area (Å²) in [4.78, 5) is 24.5. The number of ether oxygens (including phenoxy) is 3. The highest BCUT2D eigenvalue weighted by molar-refractivity contribution is 5.88. The summed E-state index contributed by atoms with van der Waals surface area (Å²) in [7, 11) is 1.28. The van der Waals surface area contributed by atoms with Crippen LogP contribution in [0.25, 0.3) is 0 Å². The maximum absolute atomic E-state index is 12.5. The summed E-state index contributed by atoms with van der Waals surface area (Å²) in [5.41, 5.74) is 0.634. The number of para-hydroxylation sites is 2. The lowest BCUT2D eigenvalue weighted by atomic mass is 10.1. The van der Waals surface area contributed by atoms with Crippen molar-refractivity contribution < 1.29 is 23.8 Å². The number of nitrogens with one attached hydrogen (secondary N) is 1. The minimum atomic E-state index is -0.899. The molecule has 0 aliphatic carbocycles. The first-order valence-electron chi connectivity index (χ1n) is 7.50. The largest absolute Gasteiger partial charge is 0.485 e. The van der Waals surface area contributed by atoms with E-state index in [1.165, 1.54) is 7.11 Å². The molecule has 2 atom stereocenters. The molecule has 1 aliphatic heterocycles. The molecule has 124 valence electrons. The maximum Gasteiger partial charge on any atom is 0.333 e. The Labute approximate surface area is 139 Å². The van der Waals surface area contributed by atoms with Crippen molar-refractivity contribution in [3.63, 3.8) is 0 Å². The summed E-state index contributed by atoms with van der Waals surface area (Å²) in [6.07, 6.45) is -0.837. The van der Waals surface area contributed by atoms with Crippen molar-refractivity contribution >= 4 is 11.9 Å². The van der Waals surface area contributed by atoms with E-state index in [0.29, 0.717) is 17.1 Å². The van der Waals surface area contributed by atoms with Crippen LogP contribution in [0.15, 0.2) is 54.6 Å². The van der Waals surface area contributed by atoms with E-state index in [-0.39, 0.29) is 6.61 Å². The third kappa shape index (κ3) is 3.32. The monoisotopic (exact) mass is 327 g/mol. The van der Waals surface area contributed by atoms with Gasteiger partial charge in [0.2, 0.25) is 6.10 Å². The molecule has 2 aromatic rings. The lowest BCUT2D eigenvalue weighted by Gasteiger charge is -2.27. The third-order valence-corrected chi connectivity index (χ3v) is 3.66. The standard InChI is InChI=1S/C18H17NO5/c1-22-18(21)16(12-7-3-2-4-8-12)19-17(20)15-11-23-13-9-5-6-10-14(13)24-15/h2-10,15-16H,11H2,1H3,(H,19,20)/t15-,16+/m0/s1. The van der Waals surface area contributed by atoms with E-state index < -0.39 is 24.0 Å². The third-order valence-electron chi connectivity index (χ3n) is 3.66. The first-order chi connectivity index (χ1) is 11.7. The van der Waals surface area contributed by atoms with E-state index in [1.54, 1.807) is 42.5 Å². The fourth-order valence-corrected chi connectivity index (χ4v) is 2.43. The normalized spacial score (nSPS) is 16.8. The molecule has 6 nitrogen and oxygen atoms in total. The van der Waals surface area contributed by atoms with Crippen LogP contribution in [0.3, 0.4) is 0 Å². The molecule has 0 aromatic heterocycles. The summed E-state index contributed by atoms with van der Waals surface area (Å²) in [5, 5.41) is 2.67. The Morgan fingerprint density at radius 2 is 1.75 bits per heavy atom. The van der Waals surface area contributed by atoms with Crippen LogP contribution >= 0.6 is 0 Å². The van der Waals surface area contributed by atoms with Gasteiger partial charge in [-0.05, 0) is 17.7 Å². The van der Waals surface area contributed by atoms with Crippen molar-refractivity contribution in [3.05, 3.63) is 60.2 Å². The molecule has 3 rings (SSSR count). The molecule has 6 heteroatoms. The Kier molecular flexibility index (Phi) is 4.65. The van der Waals surface area contributed by atoms with Crippen LogP contribution in [0.5, 0.6) is 11.5 Å². The molecule has 0 saturated heterocycles. The molecule has 0 unspecified atom stereocenters. The average Bonchev–Trinajstić information content (AvgIpc) is 2.65. The van der Waals surface area contributed by atoms with Gasteiger partial charge in [0.05, 0.1) is 7.11 Å². The van der Waals surface area contributed by atoms with Gasteiger partial charge in [0.15, 0.2) is 17.5 Å². The van der Waals surface area contributed by atoms with Gasteiger partial charge in [-0.15, -0.1) is 0 Å². The zero-order chi connectivity index (χ0) is 16.9. The summed E-state index contributed by atoms with van der Waals surface area (Å²) >= 11 is 0. The van der Waals surface area contributed by atoms with Crippen molar-refractivity contribution in [2.75, 3.05) is 13.7 Å². The van der Waals surface area contributed by atoms with Crippen LogP contribution in [0, 0.1) is 0 Å². The molecule has 1 aliphatic rings. The highest BCUT2D eigenvalue weighted by Gasteiger charge is 2.31. The van der Waals surface area contributed by atoms with Gasteiger partial charge in [0.1, 0.15) is 6.61 Å². The molecule has 1 N–H and O–H groups in total. The molecule has 1 amide bonds. The Morgan fingerprint density at radius 3 is 2.46 bits per heavy atom. The van der Waals surface area contributed by atoms with Crippen LogP contribution in [0.2, 0.25) is 0 Å². The lowest BCUT2D eigenvalue weighted by Crippen LogP contribution is -2.46. The van der Waals surface area contributed by atoms with Crippen LogP contribution in [-0.4, -0.2) is 31.7 Å². The van der Waals surface area contributed by atoms with Crippen molar-refractivity contribution in [2.45, 2.75) is 12.1 Å². The topological polar surface area (TPSA) is 73.9 Å². The molecule has 0 radical (unpaired) electrons. The first kappa shape index (κ1) is 15.9. The fraction of sp³-hybridized carbons (Fsp3) is 0.222. The number of carbonyl (C=O) groups excluding carboxylic acids is 2. The number of fused-ring (bicyclic) bond motifs is 1. The SMILES string of the molecule is COC(=O)[C@H](NC(=O)[C@@H]1COc2ccccc2O1)c1ccccc1. The molecular weight excluding hydrogens is 310 g/mol. The highest BCUT2D eigenvalue weighted by atomic mass is 16.6. The minimum Gasteiger partial charge on any atom is -0.485 e. The zero-order valence-electron chi connectivity index (χ0n) is 13.1. The second kappa shape index (κ2) is 7.04. The van der Waals surface area contributed by atoms with Gasteiger partial charge in [0, 0.05) is 0 Å². The van der Waals surface area contributed by atoms with E-state index in [0.717, 1.165) is 0 Å². The van der Waals surface area contributed by atoms with Gasteiger partial charge in [-0.1, -0.05) is 42.5 Å². The number of methoxy groups -OCH3 is 1. The minimum absolute atomic E-state index is 0.0749. The van der Waals surface area contributed by atoms with Crippen molar-refractivity contribution in [1.29, 1.82) is 0 Å². The maximum atomic E-state index is 12.5. The van der Waals surface area contributed by atoms with E-state index in [4.69, 9.17) is 14.2 Å². The van der Waals surface area contributed by atoms with Crippen LogP contribution in [0.4, 0.5) is 0 Å². The number of hydrogen-bond donors (Lipinski definition) is 1. The van der Waals surface area contributed by atoms with Crippen molar-refractivity contribution in [1.82, 2.24) is 5.32 Å². The van der Waals surface area contributed by atoms with Gasteiger partial charge in [0.25, 0.3) is 5.91 Å². The molecule has 1 heterocycles. The van der Waals surface area contributed by atoms with Gasteiger partial charge >= 0.3 is 5.97 Å². The Balaban J connectivity index is 1.74. The second-order valence-electron chi connectivity index (χ2n) is 5.24. The van der Waals surface area contributed by atoms with Gasteiger partial charge in [-0.3, -0.25) is 4.79 Å². The van der Waals surface area contributed by atoms with E-state index in [9.17, 15) is 9.59 Å². The molecular formula is C18H17NO5. The molecule has 0 fully saturated rings. The number of benzene rings is 2. The van der Waals surface area contributed by atoms with E-state index in [2.05, 4.69) is 5.32 Å². The number of carbonyl (C=O) groups is 2. The number of rotatable bonds is 4. The van der Waals surface area contributed by atoms with Gasteiger partial charge < -0.3 is 19.5 Å². The van der Waals surface area contributed by atoms with Gasteiger partial charge in [-0.25, -0.2) is 4.79 Å². The molecule has 0 bridgehead atoms. The summed E-state index contributed by atoms with van der Waals surface area (Å²) in [6, 6.07) is 15.1. The highest BCUT2D eigenvalue weighted by Crippen LogP contribution is 2.31. The van der Waals surface area contributed by atoms with E-state index in [1.807, 2.05) is 12.1 Å². The summed E-state index contributed by atoms with van der Waals surface area (Å²) in [6.45, 7) is 0.0749. The molecule has 24 heavy (non-hydrogen) atoms. The van der Waals surface area contributed by atoms with Crippen molar-refractivity contribution in [2.24, 2.45) is 0 Å². The van der Waals surface area contributed by atoms with E-state index >= 15 is 0 Å². The van der Waals surface area contributed by atoms with Crippen LogP contribution in [-0.2, 0) is 14.3 Å². The first-order valence-corrected chi connectivity index (χ1v) is 7.50. The Hall–Kier alpha value is -3.02.